The van der Waals surface area contributed by atoms with Crippen LogP contribution in [0.25, 0.3) is 5.69 Å². The molecule has 2 aromatic rings. The highest BCUT2D eigenvalue weighted by Crippen LogP contribution is 2.24. The summed E-state index contributed by atoms with van der Waals surface area (Å²) in [6.45, 7) is 0.679. The van der Waals surface area contributed by atoms with Crippen molar-refractivity contribution < 1.29 is 9.53 Å². The first-order chi connectivity index (χ1) is 10.2. The van der Waals surface area contributed by atoms with Crippen molar-refractivity contribution in [3.63, 3.8) is 0 Å². The summed E-state index contributed by atoms with van der Waals surface area (Å²) in [7, 11) is 1.66. The molecule has 1 amide bonds. The highest BCUT2D eigenvalue weighted by molar-refractivity contribution is 6.32. The first-order valence-electron chi connectivity index (χ1n) is 6.77. The summed E-state index contributed by atoms with van der Waals surface area (Å²) in [6, 6.07) is 5.42. The van der Waals surface area contributed by atoms with Gasteiger partial charge < -0.3 is 14.6 Å². The van der Waals surface area contributed by atoms with Crippen LogP contribution in [0.15, 0.2) is 36.9 Å². The van der Waals surface area contributed by atoms with Crippen LogP contribution < -0.4 is 5.32 Å². The van der Waals surface area contributed by atoms with E-state index in [1.165, 1.54) is 0 Å². The number of hydrogen-bond acceptors (Lipinski definition) is 3. The lowest BCUT2D eigenvalue weighted by Gasteiger charge is -2.09. The number of anilines is 1. The van der Waals surface area contributed by atoms with Crippen molar-refractivity contribution in [2.24, 2.45) is 0 Å². The Bertz CT molecular complexity index is 585. The van der Waals surface area contributed by atoms with E-state index in [1.807, 2.05) is 22.9 Å². The van der Waals surface area contributed by atoms with Gasteiger partial charge in [0, 0.05) is 38.2 Å². The average Bonchev–Trinajstić information content (AvgIpc) is 2.98. The Hall–Kier alpha value is -1.85. The average molecular weight is 308 g/mol. The Morgan fingerprint density at radius 3 is 2.95 bits per heavy atom. The zero-order valence-electron chi connectivity index (χ0n) is 11.9. The van der Waals surface area contributed by atoms with Gasteiger partial charge in [-0.25, -0.2) is 4.98 Å². The van der Waals surface area contributed by atoms with E-state index in [-0.39, 0.29) is 5.91 Å². The summed E-state index contributed by atoms with van der Waals surface area (Å²) in [5.74, 6) is -0.0162. The van der Waals surface area contributed by atoms with Crippen LogP contribution in [0, 0.1) is 0 Å². The van der Waals surface area contributed by atoms with Crippen LogP contribution in [-0.4, -0.2) is 29.2 Å². The molecule has 6 heteroatoms. The molecule has 2 rings (SSSR count). The fourth-order valence-corrected chi connectivity index (χ4v) is 2.23. The first kappa shape index (κ1) is 15.5. The molecule has 0 saturated heterocycles. The number of rotatable bonds is 7. The number of nitrogens with one attached hydrogen (secondary N) is 1. The van der Waals surface area contributed by atoms with Crippen LogP contribution >= 0.6 is 11.6 Å². The largest absolute Gasteiger partial charge is 0.385 e. The molecule has 1 aromatic heterocycles. The van der Waals surface area contributed by atoms with Gasteiger partial charge in [0.15, 0.2) is 0 Å². The van der Waals surface area contributed by atoms with Crippen molar-refractivity contribution in [3.05, 3.63) is 41.9 Å². The normalized spacial score (nSPS) is 10.6. The molecule has 0 saturated carbocycles. The smallest absolute Gasteiger partial charge is 0.224 e. The van der Waals surface area contributed by atoms with Gasteiger partial charge in [-0.05, 0) is 31.0 Å². The highest BCUT2D eigenvalue weighted by Gasteiger charge is 2.06. The maximum Gasteiger partial charge on any atom is 0.224 e. The Kier molecular flexibility index (Phi) is 5.78. The van der Waals surface area contributed by atoms with E-state index >= 15 is 0 Å². The van der Waals surface area contributed by atoms with Gasteiger partial charge in [-0.1, -0.05) is 11.6 Å². The van der Waals surface area contributed by atoms with E-state index in [0.717, 1.165) is 18.5 Å². The molecule has 0 unspecified atom stereocenters. The number of benzene rings is 1. The third kappa shape index (κ3) is 4.58. The SMILES string of the molecule is COCCCCC(=O)Nc1ccc(-n2ccnc2)c(Cl)c1. The van der Waals surface area contributed by atoms with Gasteiger partial charge in [0.2, 0.25) is 5.91 Å². The number of imidazole rings is 1. The molecular formula is C15H18ClN3O2. The molecule has 1 N–H and O–H groups in total. The Labute approximate surface area is 128 Å². The predicted octanol–water partition coefficient (Wildman–Crippen LogP) is 3.28. The molecule has 1 heterocycles. The number of methoxy groups -OCH3 is 1. The van der Waals surface area contributed by atoms with E-state index in [0.29, 0.717) is 23.7 Å². The zero-order chi connectivity index (χ0) is 15.1. The summed E-state index contributed by atoms with van der Waals surface area (Å²) in [6.07, 6.45) is 7.34. The van der Waals surface area contributed by atoms with Gasteiger partial charge in [0.1, 0.15) is 0 Å². The molecule has 0 fully saturated rings. The van der Waals surface area contributed by atoms with E-state index in [4.69, 9.17) is 16.3 Å². The van der Waals surface area contributed by atoms with Crippen LogP contribution in [0.2, 0.25) is 5.02 Å². The minimum absolute atomic E-state index is 0.0162. The van der Waals surface area contributed by atoms with Gasteiger partial charge >= 0.3 is 0 Å². The molecule has 0 radical (unpaired) electrons. The van der Waals surface area contributed by atoms with Crippen molar-refractivity contribution in [3.8, 4) is 5.69 Å². The summed E-state index contributed by atoms with van der Waals surface area (Å²) < 4.78 is 6.77. The number of nitrogens with zero attached hydrogens (tertiary/aromatic N) is 2. The van der Waals surface area contributed by atoms with E-state index in [2.05, 4.69) is 10.3 Å². The number of amides is 1. The van der Waals surface area contributed by atoms with E-state index in [1.54, 1.807) is 25.7 Å². The quantitative estimate of drug-likeness (QED) is 0.799. The second-order valence-corrected chi connectivity index (χ2v) is 5.04. The standard InChI is InChI=1S/C15H18ClN3O2/c1-21-9-3-2-4-15(20)18-12-5-6-14(13(16)10-12)19-8-7-17-11-19/h5-8,10-11H,2-4,9H2,1H3,(H,18,20). The Morgan fingerprint density at radius 1 is 1.43 bits per heavy atom. The van der Waals surface area contributed by atoms with Gasteiger partial charge in [0.25, 0.3) is 0 Å². The molecule has 0 spiro atoms. The molecule has 21 heavy (non-hydrogen) atoms. The number of carbonyl (C=O) groups is 1. The molecule has 0 atom stereocenters. The summed E-state index contributed by atoms with van der Waals surface area (Å²) in [4.78, 5) is 15.8. The lowest BCUT2D eigenvalue weighted by molar-refractivity contribution is -0.116. The third-order valence-corrected chi connectivity index (χ3v) is 3.32. The summed E-state index contributed by atoms with van der Waals surface area (Å²) >= 11 is 6.23. The number of aromatic nitrogens is 2. The van der Waals surface area contributed by atoms with Crippen molar-refractivity contribution in [1.29, 1.82) is 0 Å². The number of unbranched alkanes of at least 4 members (excludes halogenated alkanes) is 1. The van der Waals surface area contributed by atoms with Crippen molar-refractivity contribution in [2.45, 2.75) is 19.3 Å². The van der Waals surface area contributed by atoms with Gasteiger partial charge in [0.05, 0.1) is 17.0 Å². The van der Waals surface area contributed by atoms with Crippen molar-refractivity contribution in [2.75, 3.05) is 19.0 Å². The number of carbonyl (C=O) groups excluding carboxylic acids is 1. The molecule has 112 valence electrons. The molecule has 1 aromatic carbocycles. The zero-order valence-corrected chi connectivity index (χ0v) is 12.6. The molecular weight excluding hydrogens is 290 g/mol. The lowest BCUT2D eigenvalue weighted by atomic mass is 10.2. The second kappa shape index (κ2) is 7.81. The van der Waals surface area contributed by atoms with Crippen LogP contribution in [0.4, 0.5) is 5.69 Å². The van der Waals surface area contributed by atoms with Crippen LogP contribution in [0.5, 0.6) is 0 Å². The maximum absolute atomic E-state index is 11.8. The van der Waals surface area contributed by atoms with Gasteiger partial charge in [-0.2, -0.15) is 0 Å². The molecule has 0 aliphatic rings. The maximum atomic E-state index is 11.8. The fraction of sp³-hybridized carbons (Fsp3) is 0.333. The van der Waals surface area contributed by atoms with Crippen molar-refractivity contribution in [1.82, 2.24) is 9.55 Å². The third-order valence-electron chi connectivity index (χ3n) is 3.02. The van der Waals surface area contributed by atoms with E-state index < -0.39 is 0 Å². The lowest BCUT2D eigenvalue weighted by Crippen LogP contribution is -2.11. The number of hydrogen-bond donors (Lipinski definition) is 1. The van der Waals surface area contributed by atoms with Gasteiger partial charge in [-0.15, -0.1) is 0 Å². The molecule has 0 aliphatic heterocycles. The van der Waals surface area contributed by atoms with Crippen LogP contribution in [-0.2, 0) is 9.53 Å². The van der Waals surface area contributed by atoms with Crippen molar-refractivity contribution >= 4 is 23.2 Å². The second-order valence-electron chi connectivity index (χ2n) is 4.63. The summed E-state index contributed by atoms with van der Waals surface area (Å²) in [5, 5.41) is 3.40. The molecule has 0 bridgehead atoms. The topological polar surface area (TPSA) is 56.1 Å². The Balaban J connectivity index is 1.93. The highest BCUT2D eigenvalue weighted by atomic mass is 35.5. The van der Waals surface area contributed by atoms with Crippen LogP contribution in [0.3, 0.4) is 0 Å². The fourth-order valence-electron chi connectivity index (χ4n) is 1.95. The molecule has 0 aliphatic carbocycles. The minimum Gasteiger partial charge on any atom is -0.385 e. The van der Waals surface area contributed by atoms with Gasteiger partial charge in [-0.3, -0.25) is 4.79 Å². The Morgan fingerprint density at radius 2 is 2.29 bits per heavy atom. The number of ether oxygens (including phenoxy) is 1. The number of halogens is 1. The van der Waals surface area contributed by atoms with Crippen LogP contribution in [0.1, 0.15) is 19.3 Å². The minimum atomic E-state index is -0.0162. The predicted molar refractivity (Wildman–Crippen MR) is 82.9 cm³/mol. The monoisotopic (exact) mass is 307 g/mol. The summed E-state index contributed by atoms with van der Waals surface area (Å²) in [5.41, 5.74) is 1.52. The molecule has 5 nitrogen and oxygen atoms in total. The first-order valence-corrected chi connectivity index (χ1v) is 7.15. The van der Waals surface area contributed by atoms with E-state index in [9.17, 15) is 4.79 Å².